The quantitative estimate of drug-likeness (QED) is 0.0276. The van der Waals surface area contributed by atoms with Crippen LogP contribution in [0.1, 0.15) is 238 Å². The van der Waals surface area contributed by atoms with Crippen LogP contribution in [-0.4, -0.2) is 41.5 Å². The molecule has 0 saturated carbocycles. The predicted octanol–water partition coefficient (Wildman–Crippen LogP) is 23.6. The number of halogens is 7. The minimum absolute atomic E-state index is 0.0418. The molecular weight excluding hydrogens is 1250 g/mol. The number of fused-ring (bicyclic) bond motifs is 3. The monoisotopic (exact) mass is 1350 g/mol. The number of carboxylic acids is 1. The fourth-order valence-corrected chi connectivity index (χ4v) is 28.3. The number of alkyl halides is 3. The zero-order valence-electron chi connectivity index (χ0n) is 47.8. The lowest BCUT2D eigenvalue weighted by molar-refractivity contribution is -0.192. The molecule has 0 unspecified atom stereocenters. The van der Waals surface area contributed by atoms with E-state index in [-0.39, 0.29) is 9.52 Å². The predicted molar refractivity (Wildman–Crippen MR) is 355 cm³/mol. The van der Waals surface area contributed by atoms with Gasteiger partial charge in [0.05, 0.1) is 19.3 Å². The lowest BCUT2D eigenvalue weighted by atomic mass is 10.1. The summed E-state index contributed by atoms with van der Waals surface area (Å²) in [6.07, 6.45) is 39.8. The van der Waals surface area contributed by atoms with Gasteiger partial charge < -0.3 is 5.11 Å². The van der Waals surface area contributed by atoms with Gasteiger partial charge in [-0.25, -0.2) is 4.79 Å². The SMILES string of the molecule is CCCCCCCCCC[Si](Cl)(Cl)CCCCCCCCCC.CCCCCCCCCC[Si]1(CCCCCCCCCC)c2ccsc2-c2sccc21.C[SiH2]c1cc(Br)c(-c2sc(C)cc2Br)s1.O=C(O)C(F)(F)F. The summed E-state index contributed by atoms with van der Waals surface area (Å²) in [4.78, 5) is 16.3. The van der Waals surface area contributed by atoms with Crippen molar-refractivity contribution >= 4 is 144 Å². The van der Waals surface area contributed by atoms with Crippen molar-refractivity contribution in [3.63, 3.8) is 0 Å². The third-order valence-electron chi connectivity index (χ3n) is 14.6. The van der Waals surface area contributed by atoms with Crippen molar-refractivity contribution < 1.29 is 23.1 Å². The Hall–Kier alpha value is 0.251. The van der Waals surface area contributed by atoms with E-state index < -0.39 is 26.9 Å². The maximum absolute atomic E-state index is 10.6. The number of carbonyl (C=O) groups is 1. The minimum Gasteiger partial charge on any atom is -0.475 e. The highest BCUT2D eigenvalue weighted by molar-refractivity contribution is 9.11. The molecule has 1 N–H and O–H groups in total. The number of hydrogen-bond acceptors (Lipinski definition) is 5. The van der Waals surface area contributed by atoms with Crippen LogP contribution in [0.3, 0.4) is 0 Å². The first kappa shape index (κ1) is 72.4. The molecule has 1 aliphatic rings. The Morgan fingerprint density at radius 3 is 1.17 bits per heavy atom. The highest BCUT2D eigenvalue weighted by atomic mass is 79.9. The summed E-state index contributed by atoms with van der Waals surface area (Å²) in [6, 6.07) is 14.8. The van der Waals surface area contributed by atoms with Crippen LogP contribution in [0.5, 0.6) is 0 Å². The number of rotatable bonds is 38. The van der Waals surface area contributed by atoms with E-state index >= 15 is 0 Å². The third-order valence-corrected chi connectivity index (χ3v) is 32.9. The molecule has 0 atom stereocenters. The molecular formula is C60H99Br2Cl2F3O2S4Si3. The van der Waals surface area contributed by atoms with Gasteiger partial charge in [0.25, 0.3) is 6.69 Å². The van der Waals surface area contributed by atoms with Gasteiger partial charge in [0.15, 0.2) is 0 Å². The molecule has 16 heteroatoms. The molecule has 5 rings (SSSR count). The summed E-state index contributed by atoms with van der Waals surface area (Å²) >= 11 is 28.3. The van der Waals surface area contributed by atoms with Gasteiger partial charge in [0, 0.05) is 23.6 Å². The fraction of sp³-hybridized carbons (Fsp3) is 0.717. The van der Waals surface area contributed by atoms with Crippen molar-refractivity contribution in [2.24, 2.45) is 0 Å². The zero-order chi connectivity index (χ0) is 56.1. The topological polar surface area (TPSA) is 37.3 Å². The van der Waals surface area contributed by atoms with Crippen LogP contribution >= 0.6 is 99.4 Å². The largest absolute Gasteiger partial charge is 0.490 e. The van der Waals surface area contributed by atoms with E-state index in [1.807, 2.05) is 55.7 Å². The van der Waals surface area contributed by atoms with Crippen LogP contribution in [0.25, 0.3) is 19.5 Å². The second-order valence-corrected chi connectivity index (χ2v) is 41.0. The summed E-state index contributed by atoms with van der Waals surface area (Å²) in [6.45, 7) is 11.7. The number of carboxylic acid groups (broad SMARTS) is 1. The summed E-state index contributed by atoms with van der Waals surface area (Å²) < 4.78 is 35.8. The van der Waals surface area contributed by atoms with E-state index in [4.69, 9.17) is 32.1 Å². The van der Waals surface area contributed by atoms with Crippen LogP contribution < -0.4 is 14.9 Å². The average molecular weight is 1350 g/mol. The van der Waals surface area contributed by atoms with Gasteiger partial charge in [-0.1, -0.05) is 252 Å². The van der Waals surface area contributed by atoms with Gasteiger partial charge in [-0.15, -0.1) is 67.5 Å². The molecule has 0 radical (unpaired) electrons. The molecule has 0 aromatic carbocycles. The molecule has 4 aromatic heterocycles. The van der Waals surface area contributed by atoms with Crippen LogP contribution in [0, 0.1) is 6.92 Å². The lowest BCUT2D eigenvalue weighted by Crippen LogP contribution is -2.54. The second-order valence-electron chi connectivity index (χ2n) is 21.2. The number of aliphatic carboxylic acids is 1. The standard InChI is InChI=1S/C28H46S2Si.C20H42Cl2Si.C10H10Br2S2Si.C2HF3O2/c1-3-5-7-9-11-13-15-17-23-31(24-18-16-14-12-10-8-6-4-2)25-19-21-29-27(25)28-26(31)20-22-30-28;1-3-5-7-9-11-13-15-17-19-23(21,22)20-18-16-14-12-10-8-6-4-2;1-5-3-6(11)9(13-5)10-7(12)4-8(14-10)15-2;3-2(4,5)1(6)7/h19-22H,3-18,23-24H2,1-2H3;3-20H2,1-2H3;3-4H,15H2,1-2H3;(H,6,7). The average Bonchev–Trinajstić information content (AvgIpc) is 4.24. The highest BCUT2D eigenvalue weighted by Crippen LogP contribution is 2.43. The van der Waals surface area contributed by atoms with E-state index in [0.717, 1.165) is 12.1 Å². The van der Waals surface area contributed by atoms with E-state index in [9.17, 15) is 13.2 Å². The summed E-state index contributed by atoms with van der Waals surface area (Å²) in [7, 11) is -1.55. The summed E-state index contributed by atoms with van der Waals surface area (Å²) in [5, 5.41) is 15.5. The first-order valence-corrected chi connectivity index (χ1v) is 43.9. The molecule has 0 bridgehead atoms. The molecule has 0 aliphatic carbocycles. The number of hydrogen-bond donors (Lipinski definition) is 1. The summed E-state index contributed by atoms with van der Waals surface area (Å²) in [5.41, 5.74) is 0. The molecule has 436 valence electrons. The Labute approximate surface area is 508 Å². The van der Waals surface area contributed by atoms with Crippen molar-refractivity contribution in [1.82, 2.24) is 0 Å². The van der Waals surface area contributed by atoms with Gasteiger partial charge >= 0.3 is 12.1 Å². The number of unbranched alkanes of at least 4 members (excludes halogenated alkanes) is 28. The normalized spacial score (nSPS) is 12.8. The van der Waals surface area contributed by atoms with Crippen LogP contribution in [0.2, 0.25) is 30.7 Å². The van der Waals surface area contributed by atoms with Crippen LogP contribution in [0.4, 0.5) is 13.2 Å². The Kier molecular flexibility index (Phi) is 40.9. The molecule has 1 aliphatic heterocycles. The van der Waals surface area contributed by atoms with E-state index in [1.54, 1.807) is 14.3 Å². The lowest BCUT2D eigenvalue weighted by Gasteiger charge is -2.29. The maximum atomic E-state index is 10.6. The van der Waals surface area contributed by atoms with Gasteiger partial charge in [-0.3, -0.25) is 0 Å². The maximum Gasteiger partial charge on any atom is 0.490 e. The van der Waals surface area contributed by atoms with E-state index in [0.29, 0.717) is 0 Å². The first-order chi connectivity index (χ1) is 36.5. The molecule has 0 saturated heterocycles. The highest BCUT2D eigenvalue weighted by Gasteiger charge is 2.46. The summed E-state index contributed by atoms with van der Waals surface area (Å²) in [5.74, 6) is -2.76. The smallest absolute Gasteiger partial charge is 0.475 e. The van der Waals surface area contributed by atoms with E-state index in [1.165, 1.54) is 241 Å². The molecule has 0 fully saturated rings. The molecule has 0 amide bonds. The fourth-order valence-electron chi connectivity index (χ4n) is 10.2. The van der Waals surface area contributed by atoms with Crippen LogP contribution in [0.15, 0.2) is 44.0 Å². The Bertz CT molecular complexity index is 1990. The van der Waals surface area contributed by atoms with Crippen molar-refractivity contribution in [3.05, 3.63) is 48.8 Å². The van der Waals surface area contributed by atoms with Crippen molar-refractivity contribution in [2.45, 2.75) is 277 Å². The molecule has 5 heterocycles. The number of thiophene rings is 4. The second kappa shape index (κ2) is 43.0. The zero-order valence-corrected chi connectivity index (χ0v) is 59.1. The van der Waals surface area contributed by atoms with Gasteiger partial charge in [0.2, 0.25) is 0 Å². The third kappa shape index (κ3) is 29.5. The van der Waals surface area contributed by atoms with E-state index in [2.05, 4.69) is 108 Å². The molecule has 76 heavy (non-hydrogen) atoms. The molecule has 0 spiro atoms. The Morgan fingerprint density at radius 1 is 0.553 bits per heavy atom. The number of aryl methyl sites for hydroxylation is 1. The van der Waals surface area contributed by atoms with Crippen LogP contribution in [-0.2, 0) is 4.79 Å². The van der Waals surface area contributed by atoms with Gasteiger partial charge in [-0.2, -0.15) is 13.2 Å². The van der Waals surface area contributed by atoms with Gasteiger partial charge in [0.1, 0.15) is 8.07 Å². The van der Waals surface area contributed by atoms with Crippen molar-refractivity contribution in [2.75, 3.05) is 0 Å². The van der Waals surface area contributed by atoms with Crippen molar-refractivity contribution in [3.8, 4) is 19.5 Å². The Morgan fingerprint density at radius 2 is 0.868 bits per heavy atom. The first-order valence-electron chi connectivity index (χ1n) is 29.9. The van der Waals surface area contributed by atoms with Gasteiger partial charge in [-0.05, 0) is 101 Å². The molecule has 4 aromatic rings. The van der Waals surface area contributed by atoms with Crippen molar-refractivity contribution in [1.29, 1.82) is 0 Å². The minimum atomic E-state index is -5.08. The molecule has 2 nitrogen and oxygen atoms in total. The Balaban J connectivity index is 0.000000384.